The van der Waals surface area contributed by atoms with Gasteiger partial charge in [0.2, 0.25) is 5.91 Å². The third-order valence-electron chi connectivity index (χ3n) is 4.92. The zero-order valence-electron chi connectivity index (χ0n) is 15.3. The molecule has 0 aliphatic carbocycles. The number of nitrogens with zero attached hydrogens (tertiary/aromatic N) is 2. The molecule has 6 nitrogen and oxygen atoms in total. The Labute approximate surface area is 158 Å². The molecule has 0 bridgehead atoms. The van der Waals surface area contributed by atoms with Crippen LogP contribution in [-0.4, -0.2) is 37.6 Å². The number of ether oxygens (including phenoxy) is 2. The number of carbonyl (C=O) groups excluding carboxylic acids is 2. The van der Waals surface area contributed by atoms with Crippen LogP contribution in [0.1, 0.15) is 19.8 Å². The van der Waals surface area contributed by atoms with Crippen LogP contribution in [0.4, 0.5) is 11.4 Å². The minimum Gasteiger partial charge on any atom is -0.490 e. The highest BCUT2D eigenvalue weighted by molar-refractivity contribution is 6.01. The lowest BCUT2D eigenvalue weighted by molar-refractivity contribution is -0.126. The summed E-state index contributed by atoms with van der Waals surface area (Å²) < 4.78 is 11.4. The number of hydrogen-bond donors (Lipinski definition) is 0. The molecule has 0 radical (unpaired) electrons. The van der Waals surface area contributed by atoms with E-state index < -0.39 is 6.10 Å². The van der Waals surface area contributed by atoms with Crippen molar-refractivity contribution in [3.05, 3.63) is 48.5 Å². The summed E-state index contributed by atoms with van der Waals surface area (Å²) >= 11 is 0. The Hall–Kier alpha value is -3.02. The van der Waals surface area contributed by atoms with Crippen LogP contribution < -0.4 is 19.3 Å². The van der Waals surface area contributed by atoms with Crippen molar-refractivity contribution in [3.8, 4) is 11.5 Å². The van der Waals surface area contributed by atoms with Gasteiger partial charge in [0.05, 0.1) is 17.9 Å². The Morgan fingerprint density at radius 1 is 1.07 bits per heavy atom. The zero-order valence-corrected chi connectivity index (χ0v) is 15.3. The van der Waals surface area contributed by atoms with E-state index in [4.69, 9.17) is 9.47 Å². The summed E-state index contributed by atoms with van der Waals surface area (Å²) in [7, 11) is 0. The van der Waals surface area contributed by atoms with Gasteiger partial charge in [-0.2, -0.15) is 0 Å². The molecule has 2 aliphatic heterocycles. The average Bonchev–Trinajstić information content (AvgIpc) is 2.72. The third-order valence-corrected chi connectivity index (χ3v) is 4.92. The Morgan fingerprint density at radius 3 is 2.56 bits per heavy atom. The standard InChI is InChI=1S/C21H22N2O4/c1-2-17-21(25)23(16-8-4-6-10-19(16)27-17)12-11-20(24)22-13-14-26-18-9-5-3-7-15(18)22/h3-10,17H,2,11-14H2,1H3. The van der Waals surface area contributed by atoms with Crippen LogP contribution >= 0.6 is 0 Å². The van der Waals surface area contributed by atoms with Crippen LogP contribution in [0.5, 0.6) is 11.5 Å². The first-order valence-electron chi connectivity index (χ1n) is 9.28. The van der Waals surface area contributed by atoms with Gasteiger partial charge in [0.15, 0.2) is 6.10 Å². The summed E-state index contributed by atoms with van der Waals surface area (Å²) in [4.78, 5) is 29.1. The highest BCUT2D eigenvalue weighted by atomic mass is 16.5. The number of carbonyl (C=O) groups is 2. The van der Waals surface area contributed by atoms with Gasteiger partial charge in [-0.1, -0.05) is 31.2 Å². The predicted octanol–water partition coefficient (Wildman–Crippen LogP) is 3.01. The van der Waals surface area contributed by atoms with E-state index in [0.717, 1.165) is 17.1 Å². The number of rotatable bonds is 4. The molecule has 0 spiro atoms. The molecule has 6 heteroatoms. The van der Waals surface area contributed by atoms with E-state index in [2.05, 4.69) is 0 Å². The Morgan fingerprint density at radius 2 is 1.78 bits per heavy atom. The maximum absolute atomic E-state index is 12.9. The molecule has 27 heavy (non-hydrogen) atoms. The van der Waals surface area contributed by atoms with Crippen LogP contribution in [0.3, 0.4) is 0 Å². The second-order valence-corrected chi connectivity index (χ2v) is 6.58. The Bertz CT molecular complexity index is 867. The number of fused-ring (bicyclic) bond motifs is 2. The number of anilines is 2. The average molecular weight is 366 g/mol. The van der Waals surface area contributed by atoms with Gasteiger partial charge in [-0.25, -0.2) is 0 Å². The van der Waals surface area contributed by atoms with Crippen LogP contribution in [0, 0.1) is 0 Å². The molecule has 1 atom stereocenters. The van der Waals surface area contributed by atoms with Gasteiger partial charge in [-0.15, -0.1) is 0 Å². The van der Waals surface area contributed by atoms with E-state index in [-0.39, 0.29) is 18.2 Å². The van der Waals surface area contributed by atoms with Crippen molar-refractivity contribution in [2.75, 3.05) is 29.5 Å². The summed E-state index contributed by atoms with van der Waals surface area (Å²) in [6.07, 6.45) is 0.332. The van der Waals surface area contributed by atoms with E-state index >= 15 is 0 Å². The highest BCUT2D eigenvalue weighted by Crippen LogP contribution is 2.35. The molecule has 0 N–H and O–H groups in total. The molecule has 2 aromatic rings. The molecule has 0 saturated heterocycles. The molecule has 2 aromatic carbocycles. The molecular formula is C21H22N2O4. The minimum atomic E-state index is -0.501. The first-order valence-corrected chi connectivity index (χ1v) is 9.28. The quantitative estimate of drug-likeness (QED) is 0.835. The molecule has 140 valence electrons. The van der Waals surface area contributed by atoms with Crippen LogP contribution in [0.2, 0.25) is 0 Å². The summed E-state index contributed by atoms with van der Waals surface area (Å²) in [6, 6.07) is 15.0. The lowest BCUT2D eigenvalue weighted by Crippen LogP contribution is -2.47. The van der Waals surface area contributed by atoms with Crippen molar-refractivity contribution in [2.45, 2.75) is 25.9 Å². The molecule has 4 rings (SSSR count). The summed E-state index contributed by atoms with van der Waals surface area (Å²) in [5.74, 6) is 1.30. The second-order valence-electron chi connectivity index (χ2n) is 6.58. The van der Waals surface area contributed by atoms with Crippen molar-refractivity contribution in [2.24, 2.45) is 0 Å². The van der Waals surface area contributed by atoms with Gasteiger partial charge in [-0.05, 0) is 30.7 Å². The minimum absolute atomic E-state index is 0.0180. The second kappa shape index (κ2) is 7.31. The molecular weight excluding hydrogens is 344 g/mol. The number of hydrogen-bond acceptors (Lipinski definition) is 4. The summed E-state index contributed by atoms with van der Waals surface area (Å²) in [6.45, 7) is 3.24. The largest absolute Gasteiger partial charge is 0.490 e. The topological polar surface area (TPSA) is 59.1 Å². The maximum Gasteiger partial charge on any atom is 0.268 e. The van der Waals surface area contributed by atoms with Gasteiger partial charge < -0.3 is 19.3 Å². The van der Waals surface area contributed by atoms with Crippen LogP contribution in [-0.2, 0) is 9.59 Å². The van der Waals surface area contributed by atoms with Gasteiger partial charge >= 0.3 is 0 Å². The van der Waals surface area contributed by atoms with E-state index in [0.29, 0.717) is 31.9 Å². The first-order chi connectivity index (χ1) is 13.2. The van der Waals surface area contributed by atoms with Gasteiger partial charge in [-0.3, -0.25) is 9.59 Å². The maximum atomic E-state index is 12.9. The van der Waals surface area contributed by atoms with Crippen molar-refractivity contribution in [3.63, 3.8) is 0 Å². The number of amides is 2. The fourth-order valence-electron chi connectivity index (χ4n) is 3.54. The monoisotopic (exact) mass is 366 g/mol. The van der Waals surface area contributed by atoms with Crippen LogP contribution in [0.15, 0.2) is 48.5 Å². The highest BCUT2D eigenvalue weighted by Gasteiger charge is 2.33. The molecule has 2 amide bonds. The van der Waals surface area contributed by atoms with Crippen molar-refractivity contribution in [1.82, 2.24) is 0 Å². The zero-order chi connectivity index (χ0) is 18.8. The Kier molecular flexibility index (Phi) is 4.71. The molecule has 0 saturated carbocycles. The fraction of sp³-hybridized carbons (Fsp3) is 0.333. The summed E-state index contributed by atoms with van der Waals surface area (Å²) in [5, 5.41) is 0. The Balaban J connectivity index is 1.52. The summed E-state index contributed by atoms with van der Waals surface area (Å²) in [5.41, 5.74) is 1.51. The van der Waals surface area contributed by atoms with Gasteiger partial charge in [0.1, 0.15) is 18.1 Å². The van der Waals surface area contributed by atoms with E-state index in [1.165, 1.54) is 0 Å². The number of para-hydroxylation sites is 4. The first kappa shape index (κ1) is 17.4. The van der Waals surface area contributed by atoms with Crippen LogP contribution in [0.25, 0.3) is 0 Å². The normalized spacial score (nSPS) is 18.3. The molecule has 2 heterocycles. The van der Waals surface area contributed by atoms with Crippen molar-refractivity contribution in [1.29, 1.82) is 0 Å². The third kappa shape index (κ3) is 3.23. The molecule has 0 fully saturated rings. The smallest absolute Gasteiger partial charge is 0.268 e. The van der Waals surface area contributed by atoms with E-state index in [1.54, 1.807) is 9.80 Å². The van der Waals surface area contributed by atoms with Crippen molar-refractivity contribution >= 4 is 23.2 Å². The van der Waals surface area contributed by atoms with Crippen molar-refractivity contribution < 1.29 is 19.1 Å². The predicted molar refractivity (Wildman–Crippen MR) is 102 cm³/mol. The lowest BCUT2D eigenvalue weighted by Gasteiger charge is -2.35. The molecule has 0 aromatic heterocycles. The van der Waals surface area contributed by atoms with Gasteiger partial charge in [0, 0.05) is 13.0 Å². The lowest BCUT2D eigenvalue weighted by atomic mass is 10.1. The molecule has 2 aliphatic rings. The SMILES string of the molecule is CCC1Oc2ccccc2N(CCC(=O)N2CCOc3ccccc32)C1=O. The van der Waals surface area contributed by atoms with E-state index in [9.17, 15) is 9.59 Å². The number of benzene rings is 2. The van der Waals surface area contributed by atoms with Gasteiger partial charge in [0.25, 0.3) is 5.91 Å². The fourth-order valence-corrected chi connectivity index (χ4v) is 3.54. The van der Waals surface area contributed by atoms with E-state index in [1.807, 2.05) is 55.5 Å². The molecule has 1 unspecified atom stereocenters.